The summed E-state index contributed by atoms with van der Waals surface area (Å²) in [5.74, 6) is -1.54. The van der Waals surface area contributed by atoms with E-state index in [1.54, 1.807) is 0 Å². The molecule has 100 valence electrons. The van der Waals surface area contributed by atoms with Gasteiger partial charge in [0.15, 0.2) is 0 Å². The first-order valence-electron chi connectivity index (χ1n) is 4.89. The van der Waals surface area contributed by atoms with Gasteiger partial charge < -0.3 is 4.74 Å². The number of hydrogen-bond donors (Lipinski definition) is 0. The van der Waals surface area contributed by atoms with Gasteiger partial charge in [0.2, 0.25) is 5.95 Å². The van der Waals surface area contributed by atoms with Crippen LogP contribution >= 0.6 is 0 Å². The third kappa shape index (κ3) is 3.36. The molecule has 2 rings (SSSR count). The van der Waals surface area contributed by atoms with Gasteiger partial charge >= 0.3 is 12.4 Å². The summed E-state index contributed by atoms with van der Waals surface area (Å²) in [6.07, 6.45) is -5.12. The minimum absolute atomic E-state index is 0.125. The molecule has 0 atom stereocenters. The van der Waals surface area contributed by atoms with Crippen LogP contribution in [0.1, 0.15) is 0 Å². The Balaban J connectivity index is 2.27. The molecule has 0 aliphatic heterocycles. The SMILES string of the molecule is Fc1ncc(-c2ccc(OC(F)(F)F)cc2)c(F)n1. The molecule has 1 heterocycles. The summed E-state index contributed by atoms with van der Waals surface area (Å²) < 4.78 is 65.3. The average molecular weight is 276 g/mol. The van der Waals surface area contributed by atoms with Crippen molar-refractivity contribution in [1.82, 2.24) is 9.97 Å². The predicted octanol–water partition coefficient (Wildman–Crippen LogP) is 3.32. The summed E-state index contributed by atoms with van der Waals surface area (Å²) in [5.41, 5.74) is 0.0759. The minimum Gasteiger partial charge on any atom is -0.406 e. The molecule has 3 nitrogen and oxygen atoms in total. The Kier molecular flexibility index (Phi) is 3.32. The van der Waals surface area contributed by atoms with E-state index in [9.17, 15) is 22.0 Å². The molecule has 0 N–H and O–H groups in total. The van der Waals surface area contributed by atoms with Gasteiger partial charge in [-0.1, -0.05) is 12.1 Å². The van der Waals surface area contributed by atoms with Crippen LogP contribution in [0.15, 0.2) is 30.5 Å². The second kappa shape index (κ2) is 4.79. The van der Waals surface area contributed by atoms with Crippen LogP contribution < -0.4 is 4.74 Å². The molecule has 0 aliphatic carbocycles. The van der Waals surface area contributed by atoms with Crippen LogP contribution in [0.3, 0.4) is 0 Å². The standard InChI is InChI=1S/C11H5F5N2O/c12-9-8(5-17-10(13)18-9)6-1-3-7(4-2-6)19-11(14,15)16/h1-5H. The van der Waals surface area contributed by atoms with Crippen molar-refractivity contribution in [3.8, 4) is 16.9 Å². The number of rotatable bonds is 2. The fraction of sp³-hybridized carbons (Fsp3) is 0.0909. The average Bonchev–Trinajstić information content (AvgIpc) is 2.28. The molecular weight excluding hydrogens is 271 g/mol. The van der Waals surface area contributed by atoms with Crippen LogP contribution in [0.4, 0.5) is 22.0 Å². The number of hydrogen-bond acceptors (Lipinski definition) is 3. The Bertz CT molecular complexity index is 583. The molecule has 0 saturated heterocycles. The molecule has 0 spiro atoms. The number of aromatic nitrogens is 2. The monoisotopic (exact) mass is 276 g/mol. The number of nitrogens with zero attached hydrogens (tertiary/aromatic N) is 2. The van der Waals surface area contributed by atoms with Gasteiger partial charge in [-0.05, 0) is 17.7 Å². The molecule has 0 radical (unpaired) electrons. The van der Waals surface area contributed by atoms with Crippen molar-refractivity contribution in [1.29, 1.82) is 0 Å². The Morgan fingerprint density at radius 2 is 1.63 bits per heavy atom. The lowest BCUT2D eigenvalue weighted by Gasteiger charge is -2.09. The molecule has 19 heavy (non-hydrogen) atoms. The summed E-state index contributed by atoms with van der Waals surface area (Å²) in [4.78, 5) is 6.05. The summed E-state index contributed by atoms with van der Waals surface area (Å²) in [7, 11) is 0. The van der Waals surface area contributed by atoms with Gasteiger partial charge in [0.1, 0.15) is 5.75 Å². The lowest BCUT2D eigenvalue weighted by molar-refractivity contribution is -0.274. The zero-order chi connectivity index (χ0) is 14.0. The first kappa shape index (κ1) is 13.2. The molecule has 2 aromatic rings. The van der Waals surface area contributed by atoms with Crippen LogP contribution in [0, 0.1) is 12.0 Å². The van der Waals surface area contributed by atoms with E-state index in [1.807, 2.05) is 0 Å². The van der Waals surface area contributed by atoms with Gasteiger partial charge in [0.05, 0.1) is 5.56 Å². The third-order valence-electron chi connectivity index (χ3n) is 2.11. The summed E-state index contributed by atoms with van der Waals surface area (Å²) in [6, 6.07) is 4.37. The second-order valence-corrected chi connectivity index (χ2v) is 3.42. The molecule has 0 unspecified atom stereocenters. The van der Waals surface area contributed by atoms with Gasteiger partial charge in [0, 0.05) is 6.20 Å². The van der Waals surface area contributed by atoms with Gasteiger partial charge in [-0.2, -0.15) is 13.8 Å². The van der Waals surface area contributed by atoms with E-state index in [0.29, 0.717) is 0 Å². The first-order valence-corrected chi connectivity index (χ1v) is 4.89. The van der Waals surface area contributed by atoms with Crippen molar-refractivity contribution in [2.45, 2.75) is 6.36 Å². The molecule has 1 aromatic carbocycles. The third-order valence-corrected chi connectivity index (χ3v) is 2.11. The van der Waals surface area contributed by atoms with Crippen LogP contribution in [-0.2, 0) is 0 Å². The van der Waals surface area contributed by atoms with Crippen LogP contribution in [-0.4, -0.2) is 16.3 Å². The number of ether oxygens (including phenoxy) is 1. The highest BCUT2D eigenvalue weighted by molar-refractivity contribution is 5.62. The fourth-order valence-electron chi connectivity index (χ4n) is 1.37. The second-order valence-electron chi connectivity index (χ2n) is 3.42. The largest absolute Gasteiger partial charge is 0.573 e. The molecule has 0 aliphatic rings. The van der Waals surface area contributed by atoms with Crippen LogP contribution in [0.5, 0.6) is 5.75 Å². The predicted molar refractivity (Wildman–Crippen MR) is 54.1 cm³/mol. The van der Waals surface area contributed by atoms with Crippen molar-refractivity contribution in [3.63, 3.8) is 0 Å². The highest BCUT2D eigenvalue weighted by Crippen LogP contribution is 2.26. The maximum Gasteiger partial charge on any atom is 0.573 e. The molecule has 0 saturated carbocycles. The van der Waals surface area contributed by atoms with E-state index in [0.717, 1.165) is 18.3 Å². The smallest absolute Gasteiger partial charge is 0.406 e. The Morgan fingerprint density at radius 1 is 1.00 bits per heavy atom. The Labute approximate surface area is 103 Å². The summed E-state index contributed by atoms with van der Waals surface area (Å²) in [5, 5.41) is 0. The highest BCUT2D eigenvalue weighted by Gasteiger charge is 2.31. The quantitative estimate of drug-likeness (QED) is 0.479. The fourth-order valence-corrected chi connectivity index (χ4v) is 1.37. The zero-order valence-corrected chi connectivity index (χ0v) is 9.08. The Hall–Kier alpha value is -2.25. The number of benzene rings is 1. The van der Waals surface area contributed by atoms with E-state index in [1.165, 1.54) is 12.1 Å². The van der Waals surface area contributed by atoms with Crippen molar-refractivity contribution in [2.24, 2.45) is 0 Å². The van der Waals surface area contributed by atoms with E-state index >= 15 is 0 Å². The van der Waals surface area contributed by atoms with Crippen molar-refractivity contribution in [2.75, 3.05) is 0 Å². The minimum atomic E-state index is -4.80. The lowest BCUT2D eigenvalue weighted by atomic mass is 10.1. The molecule has 0 amide bonds. The van der Waals surface area contributed by atoms with Gasteiger partial charge in [0.25, 0.3) is 0 Å². The molecule has 0 fully saturated rings. The van der Waals surface area contributed by atoms with Gasteiger partial charge in [-0.3, -0.25) is 0 Å². The molecule has 0 bridgehead atoms. The van der Waals surface area contributed by atoms with Crippen LogP contribution in [0.2, 0.25) is 0 Å². The normalized spacial score (nSPS) is 11.4. The van der Waals surface area contributed by atoms with Crippen molar-refractivity contribution < 1.29 is 26.7 Å². The first-order chi connectivity index (χ1) is 8.85. The van der Waals surface area contributed by atoms with E-state index in [2.05, 4.69) is 14.7 Å². The van der Waals surface area contributed by atoms with Crippen molar-refractivity contribution in [3.05, 3.63) is 42.5 Å². The van der Waals surface area contributed by atoms with E-state index in [4.69, 9.17) is 0 Å². The lowest BCUT2D eigenvalue weighted by Crippen LogP contribution is -2.16. The maximum absolute atomic E-state index is 13.3. The maximum atomic E-state index is 13.3. The van der Waals surface area contributed by atoms with E-state index < -0.39 is 24.1 Å². The van der Waals surface area contributed by atoms with Crippen LogP contribution in [0.25, 0.3) is 11.1 Å². The molecular formula is C11H5F5N2O. The molecule has 1 aromatic heterocycles. The highest BCUT2D eigenvalue weighted by atomic mass is 19.4. The summed E-state index contributed by atoms with van der Waals surface area (Å²) in [6.45, 7) is 0. The number of alkyl halides is 3. The van der Waals surface area contributed by atoms with Gasteiger partial charge in [-0.25, -0.2) is 4.98 Å². The number of halogens is 5. The van der Waals surface area contributed by atoms with Crippen molar-refractivity contribution >= 4 is 0 Å². The Morgan fingerprint density at radius 3 is 2.16 bits per heavy atom. The topological polar surface area (TPSA) is 35.0 Å². The van der Waals surface area contributed by atoms with E-state index in [-0.39, 0.29) is 11.1 Å². The summed E-state index contributed by atoms with van der Waals surface area (Å²) >= 11 is 0. The van der Waals surface area contributed by atoms with Gasteiger partial charge in [-0.15, -0.1) is 13.2 Å². The zero-order valence-electron chi connectivity index (χ0n) is 9.08. The molecule has 8 heteroatoms.